The van der Waals surface area contributed by atoms with Gasteiger partial charge < -0.3 is 0 Å². The molecule has 0 radical (unpaired) electrons. The average molecular weight is 319 g/mol. The lowest BCUT2D eigenvalue weighted by molar-refractivity contribution is 0.626. The summed E-state index contributed by atoms with van der Waals surface area (Å²) in [6.45, 7) is 0. The van der Waals surface area contributed by atoms with E-state index in [1.807, 2.05) is 36.4 Å². The van der Waals surface area contributed by atoms with Crippen molar-refractivity contribution in [1.82, 2.24) is 10.2 Å². The van der Waals surface area contributed by atoms with Crippen molar-refractivity contribution in [2.75, 3.05) is 0 Å². The van der Waals surface area contributed by atoms with Crippen LogP contribution in [0.25, 0.3) is 0 Å². The maximum atomic E-state index is 13.2. The van der Waals surface area contributed by atoms with Gasteiger partial charge in [0.25, 0.3) is 0 Å². The first kappa shape index (κ1) is 14.2. The van der Waals surface area contributed by atoms with Crippen molar-refractivity contribution < 1.29 is 4.39 Å². The molecule has 3 aromatic rings. The number of aromatic nitrogens is 2. The van der Waals surface area contributed by atoms with E-state index in [1.165, 1.54) is 23.5 Å². The van der Waals surface area contributed by atoms with Gasteiger partial charge in [-0.25, -0.2) is 4.39 Å². The molecule has 1 unspecified atom stereocenters. The predicted molar refractivity (Wildman–Crippen MR) is 83.3 cm³/mol. The van der Waals surface area contributed by atoms with Crippen LogP contribution in [0.15, 0.2) is 54.6 Å². The Kier molecular flexibility index (Phi) is 4.27. The molecular weight excluding hydrogens is 307 g/mol. The fourth-order valence-electron chi connectivity index (χ4n) is 2.03. The van der Waals surface area contributed by atoms with Crippen LogP contribution in [0.3, 0.4) is 0 Å². The summed E-state index contributed by atoms with van der Waals surface area (Å²) in [5.74, 6) is -0.239. The van der Waals surface area contributed by atoms with Gasteiger partial charge in [-0.1, -0.05) is 53.8 Å². The lowest BCUT2D eigenvalue weighted by atomic mass is 10.1. The first-order valence-electron chi connectivity index (χ1n) is 6.48. The molecule has 0 saturated heterocycles. The number of hydrogen-bond donors (Lipinski definition) is 0. The van der Waals surface area contributed by atoms with Crippen molar-refractivity contribution in [3.63, 3.8) is 0 Å². The molecule has 0 aliphatic heterocycles. The van der Waals surface area contributed by atoms with Crippen LogP contribution in [0.2, 0.25) is 0 Å². The van der Waals surface area contributed by atoms with Crippen LogP contribution in [0.4, 0.5) is 4.39 Å². The summed E-state index contributed by atoms with van der Waals surface area (Å²) < 4.78 is 13.2. The highest BCUT2D eigenvalue weighted by molar-refractivity contribution is 7.11. The molecule has 3 rings (SSSR count). The first-order chi connectivity index (χ1) is 10.2. The number of nitrogens with zero attached hydrogens (tertiary/aromatic N) is 2. The standard InChI is InChI=1S/C16H12ClFN2S/c17-15(12-6-2-1-3-7-12)16-20-19-14(21-16)10-11-5-4-8-13(18)9-11/h1-9,15H,10H2. The summed E-state index contributed by atoms with van der Waals surface area (Å²) in [4.78, 5) is 0. The Balaban J connectivity index is 1.77. The molecule has 0 aliphatic rings. The molecule has 21 heavy (non-hydrogen) atoms. The number of benzene rings is 2. The summed E-state index contributed by atoms with van der Waals surface area (Å²) in [5.41, 5.74) is 1.87. The number of hydrogen-bond acceptors (Lipinski definition) is 3. The predicted octanol–water partition coefficient (Wildman–Crippen LogP) is 4.60. The fraction of sp³-hybridized carbons (Fsp3) is 0.125. The van der Waals surface area contributed by atoms with Gasteiger partial charge in [0.1, 0.15) is 21.2 Å². The maximum absolute atomic E-state index is 13.2. The van der Waals surface area contributed by atoms with Crippen molar-refractivity contribution >= 4 is 22.9 Å². The van der Waals surface area contributed by atoms with Crippen molar-refractivity contribution in [3.8, 4) is 0 Å². The molecule has 2 nitrogen and oxygen atoms in total. The van der Waals surface area contributed by atoms with Crippen molar-refractivity contribution in [2.45, 2.75) is 11.8 Å². The maximum Gasteiger partial charge on any atom is 0.139 e. The quantitative estimate of drug-likeness (QED) is 0.657. The van der Waals surface area contributed by atoms with Crippen LogP contribution >= 0.6 is 22.9 Å². The zero-order valence-electron chi connectivity index (χ0n) is 11.0. The monoisotopic (exact) mass is 318 g/mol. The molecule has 0 bridgehead atoms. The average Bonchev–Trinajstić information content (AvgIpc) is 2.96. The minimum atomic E-state index is -0.301. The highest BCUT2D eigenvalue weighted by Crippen LogP contribution is 2.31. The third kappa shape index (κ3) is 3.46. The molecule has 1 atom stereocenters. The molecule has 1 heterocycles. The van der Waals surface area contributed by atoms with E-state index < -0.39 is 0 Å². The van der Waals surface area contributed by atoms with Gasteiger partial charge in [-0.05, 0) is 23.3 Å². The molecule has 0 fully saturated rings. The largest absolute Gasteiger partial charge is 0.207 e. The van der Waals surface area contributed by atoms with Crippen LogP contribution in [-0.4, -0.2) is 10.2 Å². The van der Waals surface area contributed by atoms with Crippen molar-refractivity contribution in [3.05, 3.63) is 81.6 Å². The summed E-state index contributed by atoms with van der Waals surface area (Å²) >= 11 is 7.88. The second-order valence-corrected chi connectivity index (χ2v) is 6.14. The second-order valence-electron chi connectivity index (χ2n) is 4.61. The third-order valence-electron chi connectivity index (χ3n) is 3.04. The molecular formula is C16H12ClFN2S. The van der Waals surface area contributed by atoms with E-state index in [4.69, 9.17) is 11.6 Å². The smallest absolute Gasteiger partial charge is 0.139 e. The summed E-state index contributed by atoms with van der Waals surface area (Å²) in [6, 6.07) is 16.3. The molecule has 2 aromatic carbocycles. The van der Waals surface area contributed by atoms with Gasteiger partial charge >= 0.3 is 0 Å². The topological polar surface area (TPSA) is 25.8 Å². The van der Waals surface area contributed by atoms with Crippen molar-refractivity contribution in [1.29, 1.82) is 0 Å². The zero-order chi connectivity index (χ0) is 14.7. The molecule has 0 spiro atoms. The van der Waals surface area contributed by atoms with E-state index in [0.29, 0.717) is 6.42 Å². The van der Waals surface area contributed by atoms with Gasteiger partial charge in [0.05, 0.1) is 0 Å². The molecule has 0 aliphatic carbocycles. The van der Waals surface area contributed by atoms with Gasteiger partial charge in [0, 0.05) is 6.42 Å². The van der Waals surface area contributed by atoms with Crippen LogP contribution in [0.5, 0.6) is 0 Å². The van der Waals surface area contributed by atoms with Crippen molar-refractivity contribution in [2.24, 2.45) is 0 Å². The van der Waals surface area contributed by atoms with E-state index in [0.717, 1.165) is 21.1 Å². The highest BCUT2D eigenvalue weighted by Gasteiger charge is 2.16. The summed E-state index contributed by atoms with van der Waals surface area (Å²) in [5, 5.41) is 9.59. The van der Waals surface area contributed by atoms with Gasteiger partial charge in [-0.2, -0.15) is 0 Å². The zero-order valence-corrected chi connectivity index (χ0v) is 12.6. The van der Waals surface area contributed by atoms with E-state index in [9.17, 15) is 4.39 Å². The number of halogens is 2. The van der Waals surface area contributed by atoms with E-state index in [1.54, 1.807) is 6.07 Å². The molecule has 0 amide bonds. The Morgan fingerprint density at radius 3 is 2.62 bits per heavy atom. The fourth-order valence-corrected chi connectivity index (χ4v) is 3.23. The van der Waals surface area contributed by atoms with Gasteiger partial charge in [-0.15, -0.1) is 21.8 Å². The molecule has 0 saturated carbocycles. The van der Waals surface area contributed by atoms with Crippen LogP contribution in [0, 0.1) is 5.82 Å². The summed E-state index contributed by atoms with van der Waals surface area (Å²) in [7, 11) is 0. The summed E-state index contributed by atoms with van der Waals surface area (Å²) in [6.07, 6.45) is 0.563. The lowest BCUT2D eigenvalue weighted by Gasteiger charge is -2.04. The Hall–Kier alpha value is -1.78. The molecule has 1 aromatic heterocycles. The number of alkyl halides is 1. The van der Waals surface area contributed by atoms with Gasteiger partial charge in [-0.3, -0.25) is 0 Å². The Morgan fingerprint density at radius 2 is 1.86 bits per heavy atom. The molecule has 5 heteroatoms. The minimum absolute atomic E-state index is 0.239. The first-order valence-corrected chi connectivity index (χ1v) is 7.73. The Bertz CT molecular complexity index is 730. The van der Waals surface area contributed by atoms with E-state index in [-0.39, 0.29) is 11.2 Å². The van der Waals surface area contributed by atoms with E-state index >= 15 is 0 Å². The van der Waals surface area contributed by atoms with Crippen LogP contribution < -0.4 is 0 Å². The normalized spacial score (nSPS) is 12.3. The highest BCUT2D eigenvalue weighted by atomic mass is 35.5. The minimum Gasteiger partial charge on any atom is -0.207 e. The number of rotatable bonds is 4. The van der Waals surface area contributed by atoms with Crippen LogP contribution in [-0.2, 0) is 6.42 Å². The van der Waals surface area contributed by atoms with Crippen LogP contribution in [0.1, 0.15) is 26.5 Å². The molecule has 106 valence electrons. The lowest BCUT2D eigenvalue weighted by Crippen LogP contribution is -1.91. The third-order valence-corrected chi connectivity index (χ3v) is 4.61. The Labute approximate surface area is 131 Å². The van der Waals surface area contributed by atoms with Gasteiger partial charge in [0.15, 0.2) is 0 Å². The SMILES string of the molecule is Fc1cccc(Cc2nnc(C(Cl)c3ccccc3)s2)c1. The van der Waals surface area contributed by atoms with E-state index in [2.05, 4.69) is 10.2 Å². The van der Waals surface area contributed by atoms with Gasteiger partial charge in [0.2, 0.25) is 0 Å². The molecule has 0 N–H and O–H groups in total. The second kappa shape index (κ2) is 6.33. The Morgan fingerprint density at radius 1 is 1.05 bits per heavy atom.